The Labute approximate surface area is 120 Å². The molecular formula is C15H23N3O2. The van der Waals surface area contributed by atoms with Crippen molar-refractivity contribution in [2.75, 3.05) is 37.4 Å². The van der Waals surface area contributed by atoms with Crippen LogP contribution in [0.1, 0.15) is 19.8 Å². The Hall–Kier alpha value is -1.91. The number of amides is 1. The molecule has 2 rings (SSSR count). The molecule has 1 aliphatic rings. The van der Waals surface area contributed by atoms with Crippen LogP contribution in [0.25, 0.3) is 0 Å². The summed E-state index contributed by atoms with van der Waals surface area (Å²) in [5, 5.41) is 2.74. The third-order valence-corrected chi connectivity index (χ3v) is 3.70. The predicted molar refractivity (Wildman–Crippen MR) is 81.0 cm³/mol. The second-order valence-electron chi connectivity index (χ2n) is 5.05. The Morgan fingerprint density at radius 2 is 2.35 bits per heavy atom. The van der Waals surface area contributed by atoms with Crippen molar-refractivity contribution < 1.29 is 9.53 Å². The van der Waals surface area contributed by atoms with Gasteiger partial charge in [-0.2, -0.15) is 0 Å². The van der Waals surface area contributed by atoms with E-state index in [9.17, 15) is 4.79 Å². The number of nitrogens with one attached hydrogen (secondary N) is 1. The first kappa shape index (κ1) is 14.5. The maximum absolute atomic E-state index is 11.8. The number of nitrogen functional groups attached to an aromatic ring is 1. The minimum Gasteiger partial charge on any atom is -0.492 e. The molecule has 0 aliphatic carbocycles. The second-order valence-corrected chi connectivity index (χ2v) is 5.05. The highest BCUT2D eigenvalue weighted by atomic mass is 16.5. The smallest absolute Gasteiger partial charge is 0.224 e. The van der Waals surface area contributed by atoms with Gasteiger partial charge in [0.2, 0.25) is 5.91 Å². The molecule has 3 N–H and O–H groups in total. The lowest BCUT2D eigenvalue weighted by atomic mass is 9.96. The van der Waals surface area contributed by atoms with Crippen LogP contribution in [0.4, 0.5) is 11.4 Å². The van der Waals surface area contributed by atoms with Gasteiger partial charge in [-0.15, -0.1) is 0 Å². The Bertz CT molecular complexity index is 476. The standard InChI is InChI=1S/C15H23N3O2/c1-3-20-14-9-12(6-7-13(14)16)18-8-4-5-11(10-18)15(19)17-2/h6-7,9,11H,3-5,8,10,16H2,1-2H3,(H,17,19). The Morgan fingerprint density at radius 1 is 1.55 bits per heavy atom. The molecule has 1 saturated heterocycles. The van der Waals surface area contributed by atoms with Crippen molar-refractivity contribution in [1.29, 1.82) is 0 Å². The van der Waals surface area contributed by atoms with E-state index in [1.54, 1.807) is 7.05 Å². The highest BCUT2D eigenvalue weighted by molar-refractivity contribution is 5.79. The van der Waals surface area contributed by atoms with Crippen molar-refractivity contribution in [2.45, 2.75) is 19.8 Å². The zero-order valence-corrected chi connectivity index (χ0v) is 12.2. The molecule has 1 heterocycles. The highest BCUT2D eigenvalue weighted by Crippen LogP contribution is 2.30. The predicted octanol–water partition coefficient (Wildman–Crippen LogP) is 1.63. The monoisotopic (exact) mass is 277 g/mol. The molecule has 5 heteroatoms. The lowest BCUT2D eigenvalue weighted by Gasteiger charge is -2.33. The van der Waals surface area contributed by atoms with E-state index in [1.165, 1.54) is 0 Å². The van der Waals surface area contributed by atoms with Crippen molar-refractivity contribution in [2.24, 2.45) is 5.92 Å². The number of rotatable bonds is 4. The molecule has 0 aromatic heterocycles. The van der Waals surface area contributed by atoms with Crippen LogP contribution in [-0.2, 0) is 4.79 Å². The molecule has 1 atom stereocenters. The van der Waals surface area contributed by atoms with Crippen molar-refractivity contribution in [1.82, 2.24) is 5.32 Å². The second kappa shape index (κ2) is 6.50. The van der Waals surface area contributed by atoms with Gasteiger partial charge in [0.05, 0.1) is 18.2 Å². The maximum Gasteiger partial charge on any atom is 0.224 e. The van der Waals surface area contributed by atoms with Crippen LogP contribution < -0.4 is 20.7 Å². The number of benzene rings is 1. The van der Waals surface area contributed by atoms with Gasteiger partial charge in [0, 0.05) is 31.9 Å². The summed E-state index contributed by atoms with van der Waals surface area (Å²) in [4.78, 5) is 14.0. The first-order valence-corrected chi connectivity index (χ1v) is 7.14. The largest absolute Gasteiger partial charge is 0.492 e. The number of carbonyl (C=O) groups excluding carboxylic acids is 1. The molecule has 5 nitrogen and oxygen atoms in total. The van der Waals surface area contributed by atoms with Gasteiger partial charge in [-0.1, -0.05) is 0 Å². The molecule has 1 fully saturated rings. The molecule has 0 spiro atoms. The zero-order chi connectivity index (χ0) is 14.5. The van der Waals surface area contributed by atoms with Gasteiger partial charge < -0.3 is 20.7 Å². The van der Waals surface area contributed by atoms with Gasteiger partial charge in [-0.3, -0.25) is 4.79 Å². The molecule has 0 saturated carbocycles. The summed E-state index contributed by atoms with van der Waals surface area (Å²) in [5.41, 5.74) is 7.61. The molecule has 1 aliphatic heterocycles. The van der Waals surface area contributed by atoms with Crippen molar-refractivity contribution >= 4 is 17.3 Å². The molecule has 110 valence electrons. The normalized spacial score (nSPS) is 18.7. The summed E-state index contributed by atoms with van der Waals surface area (Å²) in [6.07, 6.45) is 1.97. The van der Waals surface area contributed by atoms with Gasteiger partial charge in [0.25, 0.3) is 0 Å². The zero-order valence-electron chi connectivity index (χ0n) is 12.2. The van der Waals surface area contributed by atoms with Crippen LogP contribution in [-0.4, -0.2) is 32.7 Å². The SMILES string of the molecule is CCOc1cc(N2CCCC(C(=O)NC)C2)ccc1N. The Kier molecular flexibility index (Phi) is 4.71. The summed E-state index contributed by atoms with van der Waals surface area (Å²) < 4.78 is 5.53. The van der Waals surface area contributed by atoms with Crippen molar-refractivity contribution in [3.8, 4) is 5.75 Å². The molecule has 0 bridgehead atoms. The average molecular weight is 277 g/mol. The molecule has 1 aromatic carbocycles. The first-order valence-electron chi connectivity index (χ1n) is 7.14. The van der Waals surface area contributed by atoms with Crippen molar-refractivity contribution in [3.05, 3.63) is 18.2 Å². The van der Waals surface area contributed by atoms with Gasteiger partial charge >= 0.3 is 0 Å². The summed E-state index contributed by atoms with van der Waals surface area (Å²) >= 11 is 0. The summed E-state index contributed by atoms with van der Waals surface area (Å²) in [7, 11) is 1.69. The topological polar surface area (TPSA) is 67.6 Å². The Balaban J connectivity index is 2.14. The molecular weight excluding hydrogens is 254 g/mol. The minimum atomic E-state index is 0.0573. The van der Waals surface area contributed by atoms with Crippen LogP contribution in [0, 0.1) is 5.92 Å². The fourth-order valence-corrected chi connectivity index (χ4v) is 2.63. The fourth-order valence-electron chi connectivity index (χ4n) is 2.63. The molecule has 0 radical (unpaired) electrons. The number of nitrogens with two attached hydrogens (primary N) is 1. The van der Waals surface area contributed by atoms with E-state index in [0.717, 1.165) is 31.6 Å². The summed E-state index contributed by atoms with van der Waals surface area (Å²) in [6, 6.07) is 5.82. The van der Waals surface area contributed by atoms with E-state index in [4.69, 9.17) is 10.5 Å². The Morgan fingerprint density at radius 3 is 3.05 bits per heavy atom. The van der Waals surface area contributed by atoms with Gasteiger partial charge in [0.15, 0.2) is 0 Å². The third kappa shape index (κ3) is 3.15. The summed E-state index contributed by atoms with van der Waals surface area (Å²) in [5.74, 6) is 0.893. The molecule has 1 amide bonds. The van der Waals surface area contributed by atoms with E-state index >= 15 is 0 Å². The van der Waals surface area contributed by atoms with Crippen LogP contribution in [0.2, 0.25) is 0 Å². The van der Waals surface area contributed by atoms with Crippen molar-refractivity contribution in [3.63, 3.8) is 0 Å². The number of carbonyl (C=O) groups is 1. The lowest BCUT2D eigenvalue weighted by molar-refractivity contribution is -0.124. The van der Waals surface area contributed by atoms with Gasteiger partial charge in [0.1, 0.15) is 5.75 Å². The van der Waals surface area contributed by atoms with Gasteiger partial charge in [-0.25, -0.2) is 0 Å². The first-order chi connectivity index (χ1) is 9.65. The number of ether oxygens (including phenoxy) is 1. The maximum atomic E-state index is 11.8. The molecule has 1 aromatic rings. The highest BCUT2D eigenvalue weighted by Gasteiger charge is 2.25. The molecule has 1 unspecified atom stereocenters. The van der Waals surface area contributed by atoms with Gasteiger partial charge in [-0.05, 0) is 31.9 Å². The number of hydrogen-bond donors (Lipinski definition) is 2. The average Bonchev–Trinajstić information content (AvgIpc) is 2.49. The van der Waals surface area contributed by atoms with E-state index in [2.05, 4.69) is 10.2 Å². The van der Waals surface area contributed by atoms with Crippen LogP contribution >= 0.6 is 0 Å². The van der Waals surface area contributed by atoms with E-state index in [-0.39, 0.29) is 11.8 Å². The number of anilines is 2. The fraction of sp³-hybridized carbons (Fsp3) is 0.533. The van der Waals surface area contributed by atoms with E-state index < -0.39 is 0 Å². The minimum absolute atomic E-state index is 0.0573. The van der Waals surface area contributed by atoms with Crippen LogP contribution in [0.15, 0.2) is 18.2 Å². The van der Waals surface area contributed by atoms with E-state index in [1.807, 2.05) is 25.1 Å². The van der Waals surface area contributed by atoms with Crippen LogP contribution in [0.3, 0.4) is 0 Å². The third-order valence-electron chi connectivity index (χ3n) is 3.70. The summed E-state index contributed by atoms with van der Waals surface area (Å²) in [6.45, 7) is 4.24. The van der Waals surface area contributed by atoms with Crippen LogP contribution in [0.5, 0.6) is 5.75 Å². The van der Waals surface area contributed by atoms with E-state index in [0.29, 0.717) is 18.0 Å². The molecule has 20 heavy (non-hydrogen) atoms. The lowest BCUT2D eigenvalue weighted by Crippen LogP contribution is -2.42. The number of piperidine rings is 1. The quantitative estimate of drug-likeness (QED) is 0.821. The number of nitrogens with zero attached hydrogens (tertiary/aromatic N) is 1. The number of hydrogen-bond acceptors (Lipinski definition) is 4.